The molecule has 8 nitrogen and oxygen atoms in total. The zero-order chi connectivity index (χ0) is 20.8. The molecule has 2 saturated heterocycles. The predicted octanol–water partition coefficient (Wildman–Crippen LogP) is 1.19. The average Bonchev–Trinajstić information content (AvgIpc) is 3.32. The molecule has 156 valence electrons. The number of carbonyl (C=O) groups is 3. The molecular formula is C19H22N2O6S2. The summed E-state index contributed by atoms with van der Waals surface area (Å²) in [7, 11) is -3.13. The quantitative estimate of drug-likeness (QED) is 0.637. The summed E-state index contributed by atoms with van der Waals surface area (Å²) in [6.07, 6.45) is 0.954. The van der Waals surface area contributed by atoms with E-state index in [4.69, 9.17) is 4.74 Å². The Morgan fingerprint density at radius 2 is 2.10 bits per heavy atom. The van der Waals surface area contributed by atoms with Crippen LogP contribution in [0.15, 0.2) is 29.2 Å². The van der Waals surface area contributed by atoms with E-state index in [0.29, 0.717) is 25.1 Å². The Bertz CT molecular complexity index is 979. The highest BCUT2D eigenvalue weighted by molar-refractivity contribution is 8.02. The highest BCUT2D eigenvalue weighted by Gasteiger charge is 2.58. The van der Waals surface area contributed by atoms with Gasteiger partial charge in [-0.15, -0.1) is 0 Å². The minimum absolute atomic E-state index is 0.0576. The van der Waals surface area contributed by atoms with Crippen LogP contribution < -0.4 is 4.90 Å². The molecule has 0 aliphatic carbocycles. The SMILES string of the molecule is CCN(C(=O)COC(=O)[C@@]12CCC(=O)N1c1ccccc1S2)[C@H]1CCS(=O)(=O)C1. The number of hydrogen-bond acceptors (Lipinski definition) is 7. The first-order chi connectivity index (χ1) is 13.8. The van der Waals surface area contributed by atoms with Gasteiger partial charge in [-0.2, -0.15) is 0 Å². The van der Waals surface area contributed by atoms with Gasteiger partial charge in [0.15, 0.2) is 21.3 Å². The van der Waals surface area contributed by atoms with Crippen LogP contribution >= 0.6 is 11.8 Å². The van der Waals surface area contributed by atoms with Gasteiger partial charge in [0.1, 0.15) is 0 Å². The first-order valence-electron chi connectivity index (χ1n) is 9.55. The average molecular weight is 439 g/mol. The lowest BCUT2D eigenvalue weighted by atomic mass is 10.2. The van der Waals surface area contributed by atoms with E-state index in [1.165, 1.54) is 21.6 Å². The van der Waals surface area contributed by atoms with E-state index < -0.39 is 33.2 Å². The highest BCUT2D eigenvalue weighted by Crippen LogP contribution is 2.56. The highest BCUT2D eigenvalue weighted by atomic mass is 32.2. The number of benzene rings is 1. The first-order valence-corrected chi connectivity index (χ1v) is 12.2. The van der Waals surface area contributed by atoms with Crippen LogP contribution in [0, 0.1) is 0 Å². The second kappa shape index (κ2) is 7.32. The number of carbonyl (C=O) groups excluding carboxylic acids is 3. The topological polar surface area (TPSA) is 101 Å². The van der Waals surface area contributed by atoms with Gasteiger partial charge < -0.3 is 9.64 Å². The summed E-state index contributed by atoms with van der Waals surface area (Å²) in [5, 5.41) is 0. The maximum Gasteiger partial charge on any atom is 0.344 e. The fraction of sp³-hybridized carbons (Fsp3) is 0.526. The van der Waals surface area contributed by atoms with Crippen LogP contribution in [-0.4, -0.2) is 66.7 Å². The monoisotopic (exact) mass is 438 g/mol. The minimum atomic E-state index is -3.13. The van der Waals surface area contributed by atoms with Crippen molar-refractivity contribution >= 4 is 45.1 Å². The number of sulfone groups is 1. The number of likely N-dealkylation sites (N-methyl/N-ethyl adjacent to an activating group) is 1. The van der Waals surface area contributed by atoms with Gasteiger partial charge in [-0.1, -0.05) is 23.9 Å². The number of ether oxygens (including phenoxy) is 1. The lowest BCUT2D eigenvalue weighted by molar-refractivity contribution is -0.154. The second-order valence-electron chi connectivity index (χ2n) is 7.40. The van der Waals surface area contributed by atoms with Gasteiger partial charge in [0, 0.05) is 30.3 Å². The zero-order valence-electron chi connectivity index (χ0n) is 16.0. The normalized spacial score (nSPS) is 26.9. The molecule has 0 unspecified atom stereocenters. The number of fused-ring (bicyclic) bond motifs is 3. The Morgan fingerprint density at radius 1 is 1.34 bits per heavy atom. The Labute approximate surface area is 173 Å². The third kappa shape index (κ3) is 3.42. The van der Waals surface area contributed by atoms with Gasteiger partial charge >= 0.3 is 5.97 Å². The van der Waals surface area contributed by atoms with E-state index in [-0.39, 0.29) is 29.9 Å². The van der Waals surface area contributed by atoms with Gasteiger partial charge in [0.25, 0.3) is 5.91 Å². The molecule has 3 heterocycles. The zero-order valence-corrected chi connectivity index (χ0v) is 17.6. The molecule has 0 saturated carbocycles. The molecule has 29 heavy (non-hydrogen) atoms. The van der Waals surface area contributed by atoms with Crippen molar-refractivity contribution in [1.82, 2.24) is 4.90 Å². The molecule has 3 aliphatic heterocycles. The molecule has 10 heteroatoms. The lowest BCUT2D eigenvalue weighted by Crippen LogP contribution is -2.49. The molecule has 0 radical (unpaired) electrons. The Kier molecular flexibility index (Phi) is 5.10. The van der Waals surface area contributed by atoms with Gasteiger partial charge in [-0.05, 0) is 25.5 Å². The standard InChI is InChI=1S/C19H22N2O6S2/c1-2-20(13-8-10-29(25,26)12-13)17(23)11-27-18(24)19-9-7-16(22)21(19)14-5-3-4-6-15(14)28-19/h3-6,13H,2,7-12H2,1H3/t13-,19-/m0/s1. The number of anilines is 1. The summed E-state index contributed by atoms with van der Waals surface area (Å²) in [5.74, 6) is -1.17. The number of thioether (sulfide) groups is 1. The van der Waals surface area contributed by atoms with Crippen molar-refractivity contribution in [2.24, 2.45) is 0 Å². The molecule has 0 N–H and O–H groups in total. The van der Waals surface area contributed by atoms with Crippen molar-refractivity contribution in [2.75, 3.05) is 29.6 Å². The summed E-state index contributed by atoms with van der Waals surface area (Å²) in [6, 6.07) is 6.92. The van der Waals surface area contributed by atoms with Crippen LogP contribution in [0.3, 0.4) is 0 Å². The van der Waals surface area contributed by atoms with Crippen molar-refractivity contribution in [3.05, 3.63) is 24.3 Å². The van der Waals surface area contributed by atoms with Gasteiger partial charge in [0.05, 0.1) is 17.2 Å². The Hall–Kier alpha value is -2.07. The van der Waals surface area contributed by atoms with E-state index in [1.807, 2.05) is 18.2 Å². The number of para-hydroxylation sites is 1. The maximum atomic E-state index is 13.0. The Balaban J connectivity index is 1.46. The molecule has 3 aliphatic rings. The van der Waals surface area contributed by atoms with Crippen LogP contribution in [0.5, 0.6) is 0 Å². The van der Waals surface area contributed by atoms with E-state index in [0.717, 1.165) is 4.90 Å². The smallest absolute Gasteiger partial charge is 0.344 e. The fourth-order valence-corrected chi connectivity index (χ4v) is 7.40. The summed E-state index contributed by atoms with van der Waals surface area (Å²) in [4.78, 5) is 40.7. The van der Waals surface area contributed by atoms with Crippen molar-refractivity contribution in [3.63, 3.8) is 0 Å². The number of rotatable bonds is 5. The van der Waals surface area contributed by atoms with Gasteiger partial charge in [0.2, 0.25) is 5.91 Å². The van der Waals surface area contributed by atoms with E-state index in [2.05, 4.69) is 0 Å². The van der Waals surface area contributed by atoms with Crippen molar-refractivity contribution in [2.45, 2.75) is 42.0 Å². The number of nitrogens with zero attached hydrogens (tertiary/aromatic N) is 2. The second-order valence-corrected chi connectivity index (χ2v) is 10.9. The van der Waals surface area contributed by atoms with Crippen molar-refractivity contribution < 1.29 is 27.5 Å². The molecule has 1 aromatic rings. The Morgan fingerprint density at radius 3 is 2.79 bits per heavy atom. The van der Waals surface area contributed by atoms with Crippen molar-refractivity contribution in [3.8, 4) is 0 Å². The third-order valence-electron chi connectivity index (χ3n) is 5.63. The summed E-state index contributed by atoms with van der Waals surface area (Å²) >= 11 is 1.28. The maximum absolute atomic E-state index is 13.0. The molecule has 1 aromatic carbocycles. The lowest BCUT2D eigenvalue weighted by Gasteiger charge is -2.30. The van der Waals surface area contributed by atoms with E-state index in [9.17, 15) is 22.8 Å². The minimum Gasteiger partial charge on any atom is -0.453 e. The molecule has 0 aromatic heterocycles. The van der Waals surface area contributed by atoms with Crippen LogP contribution in [0.25, 0.3) is 0 Å². The summed E-state index contributed by atoms with van der Waals surface area (Å²) in [5.41, 5.74) is 0.689. The molecule has 2 amide bonds. The third-order valence-corrected chi connectivity index (χ3v) is 8.84. The number of hydrogen-bond donors (Lipinski definition) is 0. The fourth-order valence-electron chi connectivity index (χ4n) is 4.25. The van der Waals surface area contributed by atoms with Crippen molar-refractivity contribution in [1.29, 1.82) is 0 Å². The van der Waals surface area contributed by atoms with Crippen LogP contribution in [-0.2, 0) is 29.0 Å². The molecule has 0 bridgehead atoms. The van der Waals surface area contributed by atoms with Crippen LogP contribution in [0.2, 0.25) is 0 Å². The summed E-state index contributed by atoms with van der Waals surface area (Å²) < 4.78 is 28.8. The number of esters is 1. The summed E-state index contributed by atoms with van der Waals surface area (Å²) in [6.45, 7) is 1.64. The van der Waals surface area contributed by atoms with E-state index in [1.54, 1.807) is 13.0 Å². The first kappa shape index (κ1) is 20.2. The molecule has 2 fully saturated rings. The van der Waals surface area contributed by atoms with E-state index >= 15 is 0 Å². The largest absolute Gasteiger partial charge is 0.453 e. The predicted molar refractivity (Wildman–Crippen MR) is 107 cm³/mol. The molecular weight excluding hydrogens is 416 g/mol. The molecule has 4 rings (SSSR count). The molecule has 0 spiro atoms. The van der Waals surface area contributed by atoms with Gasteiger partial charge in [-0.3, -0.25) is 14.5 Å². The number of amides is 2. The van der Waals surface area contributed by atoms with Gasteiger partial charge in [-0.25, -0.2) is 13.2 Å². The van der Waals surface area contributed by atoms with Crippen LogP contribution in [0.1, 0.15) is 26.2 Å². The van der Waals surface area contributed by atoms with Crippen LogP contribution in [0.4, 0.5) is 5.69 Å². The molecule has 2 atom stereocenters.